The molecule has 0 amide bonds. The van der Waals surface area contributed by atoms with Crippen LogP contribution in [0.1, 0.15) is 53.4 Å². The Kier molecular flexibility index (Phi) is 4.37. The van der Waals surface area contributed by atoms with E-state index in [0.717, 1.165) is 31.3 Å². The van der Waals surface area contributed by atoms with E-state index in [-0.39, 0.29) is 45.7 Å². The van der Waals surface area contributed by atoms with Gasteiger partial charge in [0.05, 0.1) is 6.10 Å². The second-order valence-electron chi connectivity index (χ2n) is 10.3. The third-order valence-electron chi connectivity index (χ3n) is 8.84. The van der Waals surface area contributed by atoms with Gasteiger partial charge >= 0.3 is 5.97 Å². The average Bonchev–Trinajstić information content (AvgIpc) is 3.60. The van der Waals surface area contributed by atoms with E-state index >= 15 is 0 Å². The first kappa shape index (κ1) is 20.4. The number of carbonyl (C=O) groups excluding carboxylic acids is 1. The van der Waals surface area contributed by atoms with Crippen molar-refractivity contribution in [3.63, 3.8) is 0 Å². The smallest absolute Gasteiger partial charge is 0.334 e. The largest absolute Gasteiger partial charge is 0.458 e. The van der Waals surface area contributed by atoms with E-state index in [1.807, 2.05) is 11.8 Å². The summed E-state index contributed by atoms with van der Waals surface area (Å²) in [6, 6.07) is 0. The summed E-state index contributed by atoms with van der Waals surface area (Å²) in [4.78, 5) is 12.2. The van der Waals surface area contributed by atoms with E-state index in [9.17, 15) is 4.79 Å². The lowest BCUT2D eigenvalue weighted by Gasteiger charge is -2.54. The van der Waals surface area contributed by atoms with Gasteiger partial charge in [-0.05, 0) is 49.3 Å². The van der Waals surface area contributed by atoms with Crippen molar-refractivity contribution in [3.8, 4) is 0 Å². The molecule has 2 aliphatic carbocycles. The van der Waals surface area contributed by atoms with Gasteiger partial charge in [-0.3, -0.25) is 0 Å². The highest BCUT2D eigenvalue weighted by Crippen LogP contribution is 2.81. The van der Waals surface area contributed by atoms with Crippen molar-refractivity contribution in [2.24, 2.45) is 17.3 Å². The monoisotopic (exact) mass is 452 g/mol. The number of esters is 1. The maximum Gasteiger partial charge on any atom is 0.334 e. The predicted molar refractivity (Wildman–Crippen MR) is 117 cm³/mol. The van der Waals surface area contributed by atoms with Crippen molar-refractivity contribution in [3.05, 3.63) is 11.1 Å². The average molecular weight is 453 g/mol. The molecule has 6 rings (SSSR count). The summed E-state index contributed by atoms with van der Waals surface area (Å²) >= 11 is 3.76. The molecule has 0 aromatic rings. The van der Waals surface area contributed by atoms with E-state index in [1.165, 1.54) is 5.57 Å². The van der Waals surface area contributed by atoms with Crippen LogP contribution in [0.4, 0.5) is 0 Å². The molecule has 166 valence electrons. The molecule has 0 aromatic carbocycles. The molecule has 0 radical (unpaired) electrons. The third-order valence-corrected chi connectivity index (χ3v) is 11.6. The van der Waals surface area contributed by atoms with Crippen LogP contribution in [0.2, 0.25) is 0 Å². The van der Waals surface area contributed by atoms with Gasteiger partial charge in [0.25, 0.3) is 0 Å². The molecule has 4 fully saturated rings. The van der Waals surface area contributed by atoms with E-state index in [2.05, 4.69) is 34.0 Å². The topological polar surface area (TPSA) is 60.6 Å². The third kappa shape index (κ3) is 2.22. The van der Waals surface area contributed by atoms with Gasteiger partial charge in [0.1, 0.15) is 29.2 Å². The van der Waals surface area contributed by atoms with Crippen molar-refractivity contribution in [2.75, 3.05) is 12.9 Å². The Morgan fingerprint density at radius 2 is 2.13 bits per heavy atom. The van der Waals surface area contributed by atoms with Crippen LogP contribution < -0.4 is 0 Å². The van der Waals surface area contributed by atoms with Gasteiger partial charge in [0.15, 0.2) is 5.60 Å². The number of rotatable bonds is 5. The number of fused-ring (bicyclic) bond motifs is 2. The summed E-state index contributed by atoms with van der Waals surface area (Å²) in [5, 5.41) is 0.367. The van der Waals surface area contributed by atoms with Crippen LogP contribution in [-0.2, 0) is 23.7 Å². The number of cyclic esters (lactones) is 1. The molecular weight excluding hydrogens is 420 g/mol. The van der Waals surface area contributed by atoms with Crippen molar-refractivity contribution in [1.82, 2.24) is 0 Å². The highest BCUT2D eigenvalue weighted by molar-refractivity contribution is 8.00. The lowest BCUT2D eigenvalue weighted by Crippen LogP contribution is -2.67. The van der Waals surface area contributed by atoms with Gasteiger partial charge in [-0.2, -0.15) is 0 Å². The lowest BCUT2D eigenvalue weighted by molar-refractivity contribution is -0.136. The number of ether oxygens (including phenoxy) is 4. The van der Waals surface area contributed by atoms with Gasteiger partial charge in [-0.25, -0.2) is 4.79 Å². The predicted octanol–water partition coefficient (Wildman–Crippen LogP) is 4.15. The first-order chi connectivity index (χ1) is 14.3. The Bertz CT molecular complexity index is 824. The first-order valence-corrected chi connectivity index (χ1v) is 13.7. The zero-order chi connectivity index (χ0) is 21.1. The van der Waals surface area contributed by atoms with Gasteiger partial charge in [-0.15, -0.1) is 23.5 Å². The molecule has 0 N–H and O–H groups in total. The molecule has 1 saturated carbocycles. The molecule has 0 aromatic heterocycles. The number of thioether (sulfide) groups is 2. The van der Waals surface area contributed by atoms with Crippen molar-refractivity contribution in [2.45, 2.75) is 92.9 Å². The molecule has 5 nitrogen and oxygen atoms in total. The minimum atomic E-state index is -0.339. The fourth-order valence-corrected chi connectivity index (χ4v) is 9.67. The standard InChI is InChI=1S/C23H32O5S2/c1-6-16(29-5)26-18-17(11(2)3)30-20-23(28-20)21(4)8-7-12-13(10-25-19(12)24)14(21)9-15-22(18,23)27-15/h11,14-18,20H,6-10H2,1-5H3. The highest BCUT2D eigenvalue weighted by atomic mass is 32.2. The minimum Gasteiger partial charge on any atom is -0.458 e. The second kappa shape index (κ2) is 6.43. The highest BCUT2D eigenvalue weighted by Gasteiger charge is 2.94. The van der Waals surface area contributed by atoms with E-state index < -0.39 is 0 Å². The molecule has 4 aliphatic heterocycles. The number of hydrogen-bond acceptors (Lipinski definition) is 7. The Balaban J connectivity index is 1.42. The van der Waals surface area contributed by atoms with Gasteiger partial charge in [-0.1, -0.05) is 27.7 Å². The zero-order valence-corrected chi connectivity index (χ0v) is 20.1. The van der Waals surface area contributed by atoms with Crippen molar-refractivity contribution >= 4 is 29.5 Å². The first-order valence-electron chi connectivity index (χ1n) is 11.4. The van der Waals surface area contributed by atoms with Crippen LogP contribution in [0.3, 0.4) is 0 Å². The number of epoxide rings is 2. The fourth-order valence-electron chi connectivity index (χ4n) is 7.25. The van der Waals surface area contributed by atoms with Crippen LogP contribution in [0.25, 0.3) is 0 Å². The summed E-state index contributed by atoms with van der Waals surface area (Å²) in [6.45, 7) is 9.64. The zero-order valence-electron chi connectivity index (χ0n) is 18.4. The van der Waals surface area contributed by atoms with Crippen LogP contribution >= 0.6 is 23.5 Å². The maximum atomic E-state index is 12.2. The Morgan fingerprint density at radius 3 is 2.83 bits per heavy atom. The number of hydrogen-bond donors (Lipinski definition) is 0. The van der Waals surface area contributed by atoms with E-state index in [1.54, 1.807) is 11.8 Å². The second-order valence-corrected chi connectivity index (χ2v) is 12.6. The van der Waals surface area contributed by atoms with Gasteiger partial charge in [0.2, 0.25) is 0 Å². The van der Waals surface area contributed by atoms with Crippen LogP contribution in [0.5, 0.6) is 0 Å². The van der Waals surface area contributed by atoms with Crippen molar-refractivity contribution < 1.29 is 23.7 Å². The van der Waals surface area contributed by atoms with Gasteiger partial charge in [0, 0.05) is 16.2 Å². The minimum absolute atomic E-state index is 0.0401. The molecular formula is C23H32O5S2. The molecule has 0 bridgehead atoms. The molecule has 7 heteroatoms. The van der Waals surface area contributed by atoms with Crippen LogP contribution in [0, 0.1) is 17.3 Å². The van der Waals surface area contributed by atoms with Crippen LogP contribution in [-0.4, -0.2) is 58.4 Å². The summed E-state index contributed by atoms with van der Waals surface area (Å²) < 4.78 is 25.7. The fraction of sp³-hybridized carbons (Fsp3) is 0.870. The van der Waals surface area contributed by atoms with Crippen LogP contribution in [0.15, 0.2) is 11.1 Å². The summed E-state index contributed by atoms with van der Waals surface area (Å²) in [6.07, 6.45) is 6.02. The number of carbonyl (C=O) groups is 1. The molecule has 2 spiro atoms. The summed E-state index contributed by atoms with van der Waals surface area (Å²) in [5.74, 6) is 0.696. The molecule has 9 unspecified atom stereocenters. The maximum absolute atomic E-state index is 12.2. The lowest BCUT2D eigenvalue weighted by atomic mass is 9.50. The van der Waals surface area contributed by atoms with E-state index in [0.29, 0.717) is 23.7 Å². The van der Waals surface area contributed by atoms with E-state index in [4.69, 9.17) is 18.9 Å². The Morgan fingerprint density at radius 1 is 1.33 bits per heavy atom. The Hall–Kier alpha value is -0.210. The van der Waals surface area contributed by atoms with Gasteiger partial charge < -0.3 is 18.9 Å². The Labute approximate surface area is 187 Å². The molecule has 30 heavy (non-hydrogen) atoms. The molecule has 9 atom stereocenters. The summed E-state index contributed by atoms with van der Waals surface area (Å²) in [5.41, 5.74) is 1.81. The molecule has 6 aliphatic rings. The van der Waals surface area contributed by atoms with Crippen molar-refractivity contribution in [1.29, 1.82) is 0 Å². The summed E-state index contributed by atoms with van der Waals surface area (Å²) in [7, 11) is 0. The molecule has 4 heterocycles. The SMILES string of the molecule is CCC(OC1C(C(C)C)SC2OC23C2(C)CCC4=C(COC4=O)C2CC2OC213)SC. The molecule has 3 saturated heterocycles. The normalized spacial score (nSPS) is 51.4. The quantitative estimate of drug-likeness (QED) is 0.353.